The highest BCUT2D eigenvalue weighted by atomic mass is 16.2. The fraction of sp³-hybridized carbons (Fsp3) is 0.643. The minimum absolute atomic E-state index is 0.174. The van der Waals surface area contributed by atoms with Crippen LogP contribution >= 0.6 is 0 Å². The first-order valence-corrected chi connectivity index (χ1v) is 7.18. The lowest BCUT2D eigenvalue weighted by molar-refractivity contribution is -0.122. The van der Waals surface area contributed by atoms with E-state index in [9.17, 15) is 4.79 Å². The van der Waals surface area contributed by atoms with Crippen molar-refractivity contribution in [3.8, 4) is 0 Å². The minimum atomic E-state index is 0.174. The largest absolute Gasteiger partial charge is 0.373 e. The Balaban J connectivity index is 1.84. The van der Waals surface area contributed by atoms with Crippen LogP contribution in [-0.4, -0.2) is 36.0 Å². The van der Waals surface area contributed by atoms with Crippen molar-refractivity contribution in [2.75, 3.05) is 30.8 Å². The molecule has 1 aromatic rings. The quantitative estimate of drug-likeness (QED) is 0.659. The SMILES string of the molecule is CNc1cc(NCCNC(=O)C2CC2)nc(C(C)C)n1. The molecular weight excluding hydrogens is 254 g/mol. The van der Waals surface area contributed by atoms with Crippen molar-refractivity contribution in [3.05, 3.63) is 11.9 Å². The van der Waals surface area contributed by atoms with Gasteiger partial charge >= 0.3 is 0 Å². The van der Waals surface area contributed by atoms with E-state index in [-0.39, 0.29) is 17.7 Å². The van der Waals surface area contributed by atoms with Crippen LogP contribution in [0.15, 0.2) is 6.07 Å². The topological polar surface area (TPSA) is 78.9 Å². The molecule has 1 saturated carbocycles. The van der Waals surface area contributed by atoms with Crippen LogP contribution < -0.4 is 16.0 Å². The van der Waals surface area contributed by atoms with Crippen LogP contribution in [0.25, 0.3) is 0 Å². The van der Waals surface area contributed by atoms with Gasteiger partial charge in [-0.15, -0.1) is 0 Å². The van der Waals surface area contributed by atoms with Gasteiger partial charge in [-0.1, -0.05) is 13.8 Å². The highest BCUT2D eigenvalue weighted by Crippen LogP contribution is 2.28. The third-order valence-electron chi connectivity index (χ3n) is 3.19. The standard InChI is InChI=1S/C14H23N5O/c1-9(2)13-18-11(15-3)8-12(19-13)16-6-7-17-14(20)10-4-5-10/h8-10H,4-7H2,1-3H3,(H,17,20)(H2,15,16,18,19). The third-order valence-corrected chi connectivity index (χ3v) is 3.19. The summed E-state index contributed by atoms with van der Waals surface area (Å²) in [6.07, 6.45) is 2.07. The molecule has 1 fully saturated rings. The second-order valence-corrected chi connectivity index (χ2v) is 5.39. The first-order chi connectivity index (χ1) is 9.60. The summed E-state index contributed by atoms with van der Waals surface area (Å²) in [6, 6.07) is 1.87. The monoisotopic (exact) mass is 277 g/mol. The van der Waals surface area contributed by atoms with Crippen LogP contribution in [0.2, 0.25) is 0 Å². The van der Waals surface area contributed by atoms with Gasteiger partial charge in [0, 0.05) is 38.0 Å². The van der Waals surface area contributed by atoms with E-state index in [1.807, 2.05) is 13.1 Å². The van der Waals surface area contributed by atoms with E-state index in [1.165, 1.54) is 0 Å². The molecule has 0 saturated heterocycles. The molecule has 1 aliphatic rings. The van der Waals surface area contributed by atoms with E-state index >= 15 is 0 Å². The maximum Gasteiger partial charge on any atom is 0.223 e. The molecule has 6 heteroatoms. The number of hydrogen-bond acceptors (Lipinski definition) is 5. The molecule has 0 aliphatic heterocycles. The van der Waals surface area contributed by atoms with E-state index in [0.29, 0.717) is 13.1 Å². The second kappa shape index (κ2) is 6.54. The van der Waals surface area contributed by atoms with Crippen molar-refractivity contribution in [2.24, 2.45) is 5.92 Å². The third kappa shape index (κ3) is 4.08. The summed E-state index contributed by atoms with van der Waals surface area (Å²) in [4.78, 5) is 20.4. The summed E-state index contributed by atoms with van der Waals surface area (Å²) in [5, 5.41) is 9.18. The Kier molecular flexibility index (Phi) is 4.76. The first kappa shape index (κ1) is 14.6. The molecule has 110 valence electrons. The van der Waals surface area contributed by atoms with Crippen molar-refractivity contribution < 1.29 is 4.79 Å². The van der Waals surface area contributed by atoms with Crippen LogP contribution in [0, 0.1) is 5.92 Å². The van der Waals surface area contributed by atoms with Crippen LogP contribution in [-0.2, 0) is 4.79 Å². The lowest BCUT2D eigenvalue weighted by Gasteiger charge is -2.11. The number of carbonyl (C=O) groups is 1. The Morgan fingerprint density at radius 1 is 1.30 bits per heavy atom. The Bertz CT molecular complexity index is 471. The van der Waals surface area contributed by atoms with Gasteiger partial charge in [-0.05, 0) is 12.8 Å². The molecule has 0 bridgehead atoms. The number of aromatic nitrogens is 2. The number of anilines is 2. The van der Waals surface area contributed by atoms with Crippen LogP contribution in [0.3, 0.4) is 0 Å². The van der Waals surface area contributed by atoms with Crippen molar-refractivity contribution in [2.45, 2.75) is 32.6 Å². The van der Waals surface area contributed by atoms with E-state index in [2.05, 4.69) is 39.8 Å². The highest BCUT2D eigenvalue weighted by Gasteiger charge is 2.28. The fourth-order valence-electron chi connectivity index (χ4n) is 1.81. The number of nitrogens with one attached hydrogen (secondary N) is 3. The molecule has 1 amide bonds. The number of hydrogen-bond donors (Lipinski definition) is 3. The second-order valence-electron chi connectivity index (χ2n) is 5.39. The average molecular weight is 277 g/mol. The summed E-state index contributed by atoms with van der Waals surface area (Å²) < 4.78 is 0. The molecule has 0 unspecified atom stereocenters. The van der Waals surface area contributed by atoms with Gasteiger partial charge in [0.05, 0.1) is 0 Å². The molecule has 3 N–H and O–H groups in total. The molecule has 0 aromatic carbocycles. The van der Waals surface area contributed by atoms with E-state index in [4.69, 9.17) is 0 Å². The van der Waals surface area contributed by atoms with Crippen LogP contribution in [0.5, 0.6) is 0 Å². The molecule has 6 nitrogen and oxygen atoms in total. The van der Waals surface area contributed by atoms with Crippen molar-refractivity contribution >= 4 is 17.5 Å². The van der Waals surface area contributed by atoms with Gasteiger partial charge in [0.1, 0.15) is 17.5 Å². The zero-order valence-electron chi connectivity index (χ0n) is 12.4. The summed E-state index contributed by atoms with van der Waals surface area (Å²) in [5.74, 6) is 3.10. The normalized spacial score (nSPS) is 14.2. The highest BCUT2D eigenvalue weighted by molar-refractivity contribution is 5.80. The van der Waals surface area contributed by atoms with Gasteiger partial charge in [-0.25, -0.2) is 9.97 Å². The molecule has 0 radical (unpaired) electrons. The lowest BCUT2D eigenvalue weighted by Crippen LogP contribution is -2.30. The zero-order chi connectivity index (χ0) is 14.5. The number of nitrogens with zero attached hydrogens (tertiary/aromatic N) is 2. The molecule has 1 heterocycles. The summed E-state index contributed by atoms with van der Waals surface area (Å²) in [5.41, 5.74) is 0. The molecule has 20 heavy (non-hydrogen) atoms. The van der Waals surface area contributed by atoms with Gasteiger partial charge in [0.15, 0.2) is 0 Å². The fourth-order valence-corrected chi connectivity index (χ4v) is 1.81. The van der Waals surface area contributed by atoms with Gasteiger partial charge in [-0.2, -0.15) is 0 Å². The van der Waals surface area contributed by atoms with Crippen molar-refractivity contribution in [3.63, 3.8) is 0 Å². The predicted molar refractivity (Wildman–Crippen MR) is 79.9 cm³/mol. The Labute approximate surface area is 119 Å². The lowest BCUT2D eigenvalue weighted by atomic mass is 10.2. The first-order valence-electron chi connectivity index (χ1n) is 7.18. The van der Waals surface area contributed by atoms with Gasteiger partial charge in [-0.3, -0.25) is 4.79 Å². The molecule has 0 atom stereocenters. The number of amides is 1. The predicted octanol–water partition coefficient (Wildman–Crippen LogP) is 1.58. The van der Waals surface area contributed by atoms with Gasteiger partial charge < -0.3 is 16.0 Å². The van der Waals surface area contributed by atoms with E-state index in [1.54, 1.807) is 0 Å². The van der Waals surface area contributed by atoms with Crippen LogP contribution in [0.4, 0.5) is 11.6 Å². The van der Waals surface area contributed by atoms with Gasteiger partial charge in [0.2, 0.25) is 5.91 Å². The maximum atomic E-state index is 11.5. The summed E-state index contributed by atoms with van der Waals surface area (Å²) >= 11 is 0. The Hall–Kier alpha value is -1.85. The average Bonchev–Trinajstić information content (AvgIpc) is 3.27. The smallest absolute Gasteiger partial charge is 0.223 e. The summed E-state index contributed by atoms with van der Waals surface area (Å²) in [6.45, 7) is 5.41. The minimum Gasteiger partial charge on any atom is -0.373 e. The zero-order valence-corrected chi connectivity index (χ0v) is 12.4. The van der Waals surface area contributed by atoms with Crippen molar-refractivity contribution in [1.82, 2.24) is 15.3 Å². The number of rotatable bonds is 7. The molecule has 1 aliphatic carbocycles. The molecule has 2 rings (SSSR count). The molecule has 0 spiro atoms. The maximum absolute atomic E-state index is 11.5. The summed E-state index contributed by atoms with van der Waals surface area (Å²) in [7, 11) is 1.84. The molecule has 1 aromatic heterocycles. The Morgan fingerprint density at radius 2 is 2.00 bits per heavy atom. The molecular formula is C14H23N5O. The Morgan fingerprint density at radius 3 is 2.60 bits per heavy atom. The van der Waals surface area contributed by atoms with Gasteiger partial charge in [0.25, 0.3) is 0 Å². The van der Waals surface area contributed by atoms with Crippen LogP contribution in [0.1, 0.15) is 38.4 Å². The van der Waals surface area contributed by atoms with E-state index in [0.717, 1.165) is 30.3 Å². The van der Waals surface area contributed by atoms with E-state index < -0.39 is 0 Å². The number of carbonyl (C=O) groups excluding carboxylic acids is 1. The van der Waals surface area contributed by atoms with Crippen molar-refractivity contribution in [1.29, 1.82) is 0 Å².